The molecule has 0 spiro atoms. The average molecular weight is 311 g/mol. The molecule has 0 bridgehead atoms. The first kappa shape index (κ1) is 15.5. The van der Waals surface area contributed by atoms with Gasteiger partial charge in [-0.2, -0.15) is 20.1 Å². The second kappa shape index (κ2) is 7.21. The Bertz CT molecular complexity index is 586. The topological polar surface area (TPSA) is 88.6 Å². The van der Waals surface area contributed by atoms with Crippen LogP contribution in [0.15, 0.2) is 6.20 Å². The number of rotatable bonds is 7. The van der Waals surface area contributed by atoms with Crippen molar-refractivity contribution < 1.29 is 4.74 Å². The van der Waals surface area contributed by atoms with Gasteiger partial charge in [-0.3, -0.25) is 5.10 Å². The van der Waals surface area contributed by atoms with Gasteiger partial charge in [-0.05, 0) is 50.8 Å². The first-order valence-corrected chi connectivity index (χ1v) is 7.23. The van der Waals surface area contributed by atoms with Crippen LogP contribution in [0.4, 0.5) is 5.95 Å². The van der Waals surface area contributed by atoms with E-state index in [0.29, 0.717) is 5.95 Å². The highest BCUT2D eigenvalue weighted by molar-refractivity contribution is 6.28. The summed E-state index contributed by atoms with van der Waals surface area (Å²) in [5.41, 5.74) is 2.32. The van der Waals surface area contributed by atoms with Gasteiger partial charge in [0.15, 0.2) is 0 Å². The first-order valence-electron chi connectivity index (χ1n) is 6.85. The maximum atomic E-state index is 5.85. The Hall–Kier alpha value is -1.89. The first-order chi connectivity index (χ1) is 10.0. The van der Waals surface area contributed by atoms with E-state index in [0.717, 1.165) is 25.1 Å². The molecular formula is C13H19ClN6O. The monoisotopic (exact) mass is 310 g/mol. The standard InChI is InChI=1S/C13H19ClN6O/c1-8(2)21-13-18-11(14)17-12(19-13)15-6-4-5-10-7-16-20-9(10)3/h7-8H,4-6H2,1-3H3,(H,16,20)(H,15,17,18,19). The smallest absolute Gasteiger partial charge is 0.322 e. The zero-order valence-electron chi connectivity index (χ0n) is 12.4. The Kier molecular flexibility index (Phi) is 5.32. The van der Waals surface area contributed by atoms with E-state index in [1.165, 1.54) is 5.56 Å². The summed E-state index contributed by atoms with van der Waals surface area (Å²) < 4.78 is 5.42. The molecule has 0 fully saturated rings. The van der Waals surface area contributed by atoms with Gasteiger partial charge in [-0.25, -0.2) is 0 Å². The molecule has 2 rings (SSSR count). The number of anilines is 1. The molecule has 0 aliphatic carbocycles. The third kappa shape index (κ3) is 4.86. The lowest BCUT2D eigenvalue weighted by atomic mass is 10.1. The molecular weight excluding hydrogens is 292 g/mol. The van der Waals surface area contributed by atoms with Gasteiger partial charge in [0.25, 0.3) is 0 Å². The highest BCUT2D eigenvalue weighted by atomic mass is 35.5. The molecule has 0 radical (unpaired) electrons. The number of nitrogens with one attached hydrogen (secondary N) is 2. The van der Waals surface area contributed by atoms with E-state index in [1.54, 1.807) is 0 Å². The Morgan fingerprint density at radius 1 is 1.33 bits per heavy atom. The van der Waals surface area contributed by atoms with E-state index in [4.69, 9.17) is 16.3 Å². The highest BCUT2D eigenvalue weighted by Gasteiger charge is 2.07. The second-order valence-electron chi connectivity index (χ2n) is 4.93. The fourth-order valence-corrected chi connectivity index (χ4v) is 1.93. The molecule has 2 aromatic heterocycles. The normalized spacial score (nSPS) is 10.9. The lowest BCUT2D eigenvalue weighted by Crippen LogP contribution is -2.12. The molecule has 0 saturated heterocycles. The minimum absolute atomic E-state index is 0.0135. The van der Waals surface area contributed by atoms with Gasteiger partial charge < -0.3 is 10.1 Å². The van der Waals surface area contributed by atoms with Crippen molar-refractivity contribution in [2.24, 2.45) is 0 Å². The highest BCUT2D eigenvalue weighted by Crippen LogP contribution is 2.13. The molecule has 21 heavy (non-hydrogen) atoms. The summed E-state index contributed by atoms with van der Waals surface area (Å²) in [6.45, 7) is 6.54. The number of aromatic amines is 1. The van der Waals surface area contributed by atoms with E-state index in [9.17, 15) is 0 Å². The van der Waals surface area contributed by atoms with Crippen LogP contribution < -0.4 is 10.1 Å². The summed E-state index contributed by atoms with van der Waals surface area (Å²) >= 11 is 5.85. The van der Waals surface area contributed by atoms with Crippen LogP contribution in [-0.2, 0) is 6.42 Å². The molecule has 0 aromatic carbocycles. The van der Waals surface area contributed by atoms with Crippen LogP contribution in [0.25, 0.3) is 0 Å². The van der Waals surface area contributed by atoms with Gasteiger partial charge in [-0.15, -0.1) is 0 Å². The van der Waals surface area contributed by atoms with Crippen molar-refractivity contribution in [2.75, 3.05) is 11.9 Å². The third-order valence-corrected chi connectivity index (χ3v) is 2.94. The average Bonchev–Trinajstić information content (AvgIpc) is 2.79. The molecule has 0 aliphatic rings. The summed E-state index contributed by atoms with van der Waals surface area (Å²) in [4.78, 5) is 12.1. The number of H-pyrrole nitrogens is 1. The lowest BCUT2D eigenvalue weighted by Gasteiger charge is -2.09. The Labute approximate surface area is 128 Å². The van der Waals surface area contributed by atoms with Crippen molar-refractivity contribution in [1.29, 1.82) is 0 Å². The molecule has 2 heterocycles. The maximum absolute atomic E-state index is 5.85. The Balaban J connectivity index is 1.85. The van der Waals surface area contributed by atoms with Crippen molar-refractivity contribution in [3.63, 3.8) is 0 Å². The van der Waals surface area contributed by atoms with Crippen LogP contribution in [0.2, 0.25) is 5.28 Å². The summed E-state index contributed by atoms with van der Waals surface area (Å²) in [5.74, 6) is 0.426. The quantitative estimate of drug-likeness (QED) is 0.763. The minimum atomic E-state index is -0.0135. The van der Waals surface area contributed by atoms with Crippen LogP contribution in [0.5, 0.6) is 6.01 Å². The van der Waals surface area contributed by atoms with Crippen molar-refractivity contribution >= 4 is 17.5 Å². The molecule has 0 atom stereocenters. The van der Waals surface area contributed by atoms with Crippen molar-refractivity contribution in [2.45, 2.75) is 39.7 Å². The summed E-state index contributed by atoms with van der Waals surface area (Å²) in [5, 5.41) is 10.2. The van der Waals surface area contributed by atoms with Crippen molar-refractivity contribution in [3.05, 3.63) is 22.7 Å². The fraction of sp³-hybridized carbons (Fsp3) is 0.538. The van der Waals surface area contributed by atoms with E-state index in [-0.39, 0.29) is 17.4 Å². The summed E-state index contributed by atoms with van der Waals surface area (Å²) in [6, 6.07) is 0.234. The predicted octanol–water partition coefficient (Wildman–Crippen LogP) is 2.39. The maximum Gasteiger partial charge on any atom is 0.322 e. The SMILES string of the molecule is Cc1[nH]ncc1CCCNc1nc(Cl)nc(OC(C)C)n1. The van der Waals surface area contributed by atoms with Gasteiger partial charge in [0, 0.05) is 12.2 Å². The van der Waals surface area contributed by atoms with Crippen LogP contribution in [-0.4, -0.2) is 37.8 Å². The molecule has 0 amide bonds. The minimum Gasteiger partial charge on any atom is -0.461 e. The van der Waals surface area contributed by atoms with Gasteiger partial charge in [-0.1, -0.05) is 0 Å². The molecule has 0 saturated carbocycles. The zero-order valence-corrected chi connectivity index (χ0v) is 13.1. The van der Waals surface area contributed by atoms with Crippen LogP contribution in [0.1, 0.15) is 31.5 Å². The number of aryl methyl sites for hydroxylation is 2. The van der Waals surface area contributed by atoms with E-state index >= 15 is 0 Å². The Morgan fingerprint density at radius 3 is 2.81 bits per heavy atom. The van der Waals surface area contributed by atoms with E-state index in [1.807, 2.05) is 27.0 Å². The Morgan fingerprint density at radius 2 is 2.14 bits per heavy atom. The number of halogens is 1. The largest absolute Gasteiger partial charge is 0.461 e. The van der Waals surface area contributed by atoms with E-state index in [2.05, 4.69) is 30.5 Å². The number of hydrogen-bond acceptors (Lipinski definition) is 6. The van der Waals surface area contributed by atoms with Crippen molar-refractivity contribution in [1.82, 2.24) is 25.1 Å². The van der Waals surface area contributed by atoms with Gasteiger partial charge in [0.05, 0.1) is 12.3 Å². The molecule has 0 aliphatic heterocycles. The second-order valence-corrected chi connectivity index (χ2v) is 5.27. The van der Waals surface area contributed by atoms with E-state index < -0.39 is 0 Å². The molecule has 2 aromatic rings. The number of hydrogen-bond donors (Lipinski definition) is 2. The molecule has 7 nitrogen and oxygen atoms in total. The van der Waals surface area contributed by atoms with Gasteiger partial charge >= 0.3 is 6.01 Å². The number of aromatic nitrogens is 5. The fourth-order valence-electron chi connectivity index (χ4n) is 1.78. The van der Waals surface area contributed by atoms with Crippen LogP contribution >= 0.6 is 11.6 Å². The van der Waals surface area contributed by atoms with Crippen LogP contribution in [0, 0.1) is 6.92 Å². The van der Waals surface area contributed by atoms with Gasteiger partial charge in [0.1, 0.15) is 0 Å². The van der Waals surface area contributed by atoms with Crippen molar-refractivity contribution in [3.8, 4) is 6.01 Å². The van der Waals surface area contributed by atoms with Gasteiger partial charge in [0.2, 0.25) is 11.2 Å². The zero-order chi connectivity index (χ0) is 15.2. The summed E-state index contributed by atoms with van der Waals surface area (Å²) in [7, 11) is 0. The number of ether oxygens (including phenoxy) is 1. The molecule has 114 valence electrons. The molecule has 8 heteroatoms. The summed E-state index contributed by atoms with van der Waals surface area (Å²) in [6.07, 6.45) is 3.71. The molecule has 2 N–H and O–H groups in total. The third-order valence-electron chi connectivity index (χ3n) is 2.77. The molecule has 0 unspecified atom stereocenters. The number of nitrogens with zero attached hydrogens (tertiary/aromatic N) is 4. The van der Waals surface area contributed by atoms with Crippen LogP contribution in [0.3, 0.4) is 0 Å². The lowest BCUT2D eigenvalue weighted by molar-refractivity contribution is 0.222. The predicted molar refractivity (Wildman–Crippen MR) is 80.7 cm³/mol.